The fourth-order valence-corrected chi connectivity index (χ4v) is 3.10. The standard InChI is InChI=1S/C22H29NO/c1-6-21(20-11-7-15(2)13-18(20)5)23-22(24)12-10-19-9-8-16(3)17(4)14-19/h7-9,11,13-14,21H,6,10,12H2,1-5H3,(H,23,24). The summed E-state index contributed by atoms with van der Waals surface area (Å²) in [5.41, 5.74) is 7.54. The summed E-state index contributed by atoms with van der Waals surface area (Å²) in [6.45, 7) is 10.6. The molecule has 0 aliphatic heterocycles. The normalized spacial score (nSPS) is 12.0. The van der Waals surface area contributed by atoms with Gasteiger partial charge < -0.3 is 5.32 Å². The van der Waals surface area contributed by atoms with E-state index < -0.39 is 0 Å². The van der Waals surface area contributed by atoms with Crippen molar-refractivity contribution in [3.63, 3.8) is 0 Å². The van der Waals surface area contributed by atoms with Crippen molar-refractivity contribution in [2.45, 2.75) is 59.9 Å². The van der Waals surface area contributed by atoms with Crippen LogP contribution in [0.1, 0.15) is 59.2 Å². The molecule has 2 heteroatoms. The zero-order valence-corrected chi connectivity index (χ0v) is 15.6. The predicted molar refractivity (Wildman–Crippen MR) is 101 cm³/mol. The van der Waals surface area contributed by atoms with E-state index in [0.29, 0.717) is 6.42 Å². The Hall–Kier alpha value is -2.09. The van der Waals surface area contributed by atoms with Crippen LogP contribution in [0, 0.1) is 27.7 Å². The molecule has 2 aromatic carbocycles. The van der Waals surface area contributed by atoms with E-state index in [2.05, 4.69) is 76.3 Å². The minimum Gasteiger partial charge on any atom is -0.349 e. The minimum atomic E-state index is 0.0952. The molecule has 2 nitrogen and oxygen atoms in total. The Labute approximate surface area is 146 Å². The number of hydrogen-bond acceptors (Lipinski definition) is 1. The molecule has 2 aromatic rings. The number of carbonyl (C=O) groups excluding carboxylic acids is 1. The minimum absolute atomic E-state index is 0.0952. The van der Waals surface area contributed by atoms with Gasteiger partial charge in [-0.25, -0.2) is 0 Å². The molecule has 0 saturated heterocycles. The number of aryl methyl sites for hydroxylation is 5. The predicted octanol–water partition coefficient (Wildman–Crippen LogP) is 5.12. The van der Waals surface area contributed by atoms with Gasteiger partial charge in [0.2, 0.25) is 5.91 Å². The van der Waals surface area contributed by atoms with Crippen molar-refractivity contribution >= 4 is 5.91 Å². The van der Waals surface area contributed by atoms with Gasteiger partial charge in [-0.05, 0) is 68.4 Å². The molecule has 0 radical (unpaired) electrons. The summed E-state index contributed by atoms with van der Waals surface area (Å²) >= 11 is 0. The van der Waals surface area contributed by atoms with Crippen molar-refractivity contribution in [1.82, 2.24) is 5.32 Å². The Balaban J connectivity index is 1.97. The van der Waals surface area contributed by atoms with Crippen LogP contribution in [-0.2, 0) is 11.2 Å². The third-order valence-corrected chi connectivity index (χ3v) is 4.76. The van der Waals surface area contributed by atoms with Gasteiger partial charge in [0.15, 0.2) is 0 Å². The van der Waals surface area contributed by atoms with Crippen LogP contribution in [0.3, 0.4) is 0 Å². The molecular formula is C22H29NO. The summed E-state index contributed by atoms with van der Waals surface area (Å²) in [5, 5.41) is 3.20. The van der Waals surface area contributed by atoms with Gasteiger partial charge in [-0.15, -0.1) is 0 Å². The molecule has 1 atom stereocenters. The Kier molecular flexibility index (Phi) is 6.19. The van der Waals surface area contributed by atoms with E-state index in [1.807, 2.05) is 0 Å². The third-order valence-electron chi connectivity index (χ3n) is 4.76. The first-order valence-corrected chi connectivity index (χ1v) is 8.83. The lowest BCUT2D eigenvalue weighted by molar-refractivity contribution is -0.121. The third kappa shape index (κ3) is 4.70. The number of rotatable bonds is 6. The molecule has 0 bridgehead atoms. The van der Waals surface area contributed by atoms with E-state index in [1.165, 1.54) is 33.4 Å². The van der Waals surface area contributed by atoms with E-state index in [0.717, 1.165) is 12.8 Å². The second kappa shape index (κ2) is 8.14. The van der Waals surface area contributed by atoms with Crippen LogP contribution < -0.4 is 5.32 Å². The average Bonchev–Trinajstić information content (AvgIpc) is 2.54. The van der Waals surface area contributed by atoms with Crippen molar-refractivity contribution < 1.29 is 4.79 Å². The molecule has 24 heavy (non-hydrogen) atoms. The van der Waals surface area contributed by atoms with Gasteiger partial charge in [-0.1, -0.05) is 48.9 Å². The van der Waals surface area contributed by atoms with Gasteiger partial charge in [0.1, 0.15) is 0 Å². The van der Waals surface area contributed by atoms with Crippen LogP contribution in [0.2, 0.25) is 0 Å². The maximum atomic E-state index is 12.4. The Morgan fingerprint density at radius 3 is 2.33 bits per heavy atom. The molecule has 0 aliphatic carbocycles. The quantitative estimate of drug-likeness (QED) is 0.785. The van der Waals surface area contributed by atoms with Crippen LogP contribution >= 0.6 is 0 Å². The number of carbonyl (C=O) groups is 1. The zero-order chi connectivity index (χ0) is 17.7. The van der Waals surface area contributed by atoms with E-state index in [1.54, 1.807) is 0 Å². The lowest BCUT2D eigenvalue weighted by Crippen LogP contribution is -2.28. The smallest absolute Gasteiger partial charge is 0.220 e. The number of benzene rings is 2. The molecule has 128 valence electrons. The van der Waals surface area contributed by atoms with Gasteiger partial charge in [0.05, 0.1) is 6.04 Å². The van der Waals surface area contributed by atoms with Crippen LogP contribution in [0.25, 0.3) is 0 Å². The van der Waals surface area contributed by atoms with Crippen molar-refractivity contribution in [3.8, 4) is 0 Å². The zero-order valence-electron chi connectivity index (χ0n) is 15.6. The SMILES string of the molecule is CCC(NC(=O)CCc1ccc(C)c(C)c1)c1ccc(C)cc1C. The fourth-order valence-electron chi connectivity index (χ4n) is 3.10. The lowest BCUT2D eigenvalue weighted by atomic mass is 9.97. The monoisotopic (exact) mass is 323 g/mol. The molecule has 0 spiro atoms. The Morgan fingerprint density at radius 2 is 1.71 bits per heavy atom. The summed E-state index contributed by atoms with van der Waals surface area (Å²) in [4.78, 5) is 12.4. The largest absolute Gasteiger partial charge is 0.349 e. The summed E-state index contributed by atoms with van der Waals surface area (Å²) in [7, 11) is 0. The van der Waals surface area contributed by atoms with Gasteiger partial charge in [-0.3, -0.25) is 4.79 Å². The molecule has 1 N–H and O–H groups in total. The summed E-state index contributed by atoms with van der Waals surface area (Å²) in [6, 6.07) is 13.0. The van der Waals surface area contributed by atoms with E-state index in [9.17, 15) is 4.79 Å². The van der Waals surface area contributed by atoms with Crippen molar-refractivity contribution in [1.29, 1.82) is 0 Å². The molecule has 1 amide bonds. The van der Waals surface area contributed by atoms with Crippen molar-refractivity contribution in [3.05, 3.63) is 69.8 Å². The molecule has 0 fully saturated rings. The van der Waals surface area contributed by atoms with Crippen LogP contribution in [-0.4, -0.2) is 5.91 Å². The average molecular weight is 323 g/mol. The molecule has 0 heterocycles. The maximum Gasteiger partial charge on any atom is 0.220 e. The van der Waals surface area contributed by atoms with Gasteiger partial charge in [-0.2, -0.15) is 0 Å². The lowest BCUT2D eigenvalue weighted by Gasteiger charge is -2.20. The highest BCUT2D eigenvalue weighted by atomic mass is 16.1. The first kappa shape index (κ1) is 18.3. The molecule has 0 aliphatic rings. The molecule has 0 saturated carbocycles. The van der Waals surface area contributed by atoms with Crippen LogP contribution in [0.15, 0.2) is 36.4 Å². The van der Waals surface area contributed by atoms with Crippen molar-refractivity contribution in [2.75, 3.05) is 0 Å². The van der Waals surface area contributed by atoms with Gasteiger partial charge in [0, 0.05) is 6.42 Å². The molecule has 0 aromatic heterocycles. The molecular weight excluding hydrogens is 294 g/mol. The van der Waals surface area contributed by atoms with Crippen LogP contribution in [0.4, 0.5) is 0 Å². The van der Waals surface area contributed by atoms with Gasteiger partial charge >= 0.3 is 0 Å². The highest BCUT2D eigenvalue weighted by molar-refractivity contribution is 5.76. The first-order chi connectivity index (χ1) is 11.4. The number of nitrogens with one attached hydrogen (secondary N) is 1. The van der Waals surface area contributed by atoms with E-state index in [4.69, 9.17) is 0 Å². The Bertz CT molecular complexity index is 718. The first-order valence-electron chi connectivity index (χ1n) is 8.83. The van der Waals surface area contributed by atoms with Gasteiger partial charge in [0.25, 0.3) is 0 Å². The van der Waals surface area contributed by atoms with E-state index >= 15 is 0 Å². The second-order valence-electron chi connectivity index (χ2n) is 6.81. The number of hydrogen-bond donors (Lipinski definition) is 1. The highest BCUT2D eigenvalue weighted by Crippen LogP contribution is 2.22. The number of amides is 1. The molecule has 2 rings (SSSR count). The maximum absolute atomic E-state index is 12.4. The topological polar surface area (TPSA) is 29.1 Å². The van der Waals surface area contributed by atoms with Crippen LogP contribution in [0.5, 0.6) is 0 Å². The summed E-state index contributed by atoms with van der Waals surface area (Å²) in [6.07, 6.45) is 2.22. The summed E-state index contributed by atoms with van der Waals surface area (Å²) < 4.78 is 0. The second-order valence-corrected chi connectivity index (χ2v) is 6.81. The van der Waals surface area contributed by atoms with E-state index in [-0.39, 0.29) is 11.9 Å². The highest BCUT2D eigenvalue weighted by Gasteiger charge is 2.14. The van der Waals surface area contributed by atoms with Crippen molar-refractivity contribution in [2.24, 2.45) is 0 Å². The summed E-state index contributed by atoms with van der Waals surface area (Å²) in [5.74, 6) is 0.125. The fraction of sp³-hybridized carbons (Fsp3) is 0.409. The Morgan fingerprint density at radius 1 is 0.958 bits per heavy atom. The molecule has 1 unspecified atom stereocenters.